The van der Waals surface area contributed by atoms with Gasteiger partial charge in [-0.2, -0.15) is 5.10 Å². The van der Waals surface area contributed by atoms with Gasteiger partial charge in [-0.25, -0.2) is 5.43 Å². The molecule has 0 aliphatic heterocycles. The van der Waals surface area contributed by atoms with Crippen molar-refractivity contribution in [3.8, 4) is 5.75 Å². The first-order valence-corrected chi connectivity index (χ1v) is 8.89. The number of halogens is 1. The van der Waals surface area contributed by atoms with E-state index in [-0.39, 0.29) is 5.91 Å². The lowest BCUT2D eigenvalue weighted by molar-refractivity contribution is 0.0955. The number of nitrogens with zero attached hydrogens (tertiary/aromatic N) is 1. The minimum atomic E-state index is -0.286. The lowest BCUT2D eigenvalue weighted by atomic mass is 10.2. The number of unbranched alkanes of at least 4 members (excludes halogenated alkanes) is 3. The van der Waals surface area contributed by atoms with E-state index in [1.807, 2.05) is 24.3 Å². The predicted octanol–water partition coefficient (Wildman–Crippen LogP) is 5.06. The Morgan fingerprint density at radius 2 is 1.88 bits per heavy atom. The molecule has 2 aromatic rings. The van der Waals surface area contributed by atoms with E-state index in [1.54, 1.807) is 30.5 Å². The number of hydrazone groups is 1. The Morgan fingerprint density at radius 3 is 2.64 bits per heavy atom. The zero-order valence-corrected chi connectivity index (χ0v) is 15.1. The fourth-order valence-electron chi connectivity index (χ4n) is 2.26. The van der Waals surface area contributed by atoms with Crippen LogP contribution in [0.5, 0.6) is 5.75 Å². The summed E-state index contributed by atoms with van der Waals surface area (Å²) < 4.78 is 5.82. The molecule has 25 heavy (non-hydrogen) atoms. The van der Waals surface area contributed by atoms with Crippen LogP contribution >= 0.6 is 11.6 Å². The average Bonchev–Trinajstić information content (AvgIpc) is 2.63. The molecular formula is C20H23ClN2O2. The third kappa shape index (κ3) is 6.59. The molecule has 0 fully saturated rings. The molecule has 0 saturated heterocycles. The first-order valence-electron chi connectivity index (χ1n) is 8.51. The molecular weight excluding hydrogens is 336 g/mol. The summed E-state index contributed by atoms with van der Waals surface area (Å²) >= 11 is 5.81. The molecule has 2 aromatic carbocycles. The zero-order chi connectivity index (χ0) is 17.9. The van der Waals surface area contributed by atoms with Crippen LogP contribution in [0.4, 0.5) is 0 Å². The third-order valence-electron chi connectivity index (χ3n) is 3.65. The number of hydrogen-bond donors (Lipinski definition) is 1. The van der Waals surface area contributed by atoms with Crippen LogP contribution < -0.4 is 10.2 Å². The van der Waals surface area contributed by atoms with Crippen molar-refractivity contribution in [3.63, 3.8) is 0 Å². The molecule has 0 atom stereocenters. The van der Waals surface area contributed by atoms with Gasteiger partial charge >= 0.3 is 0 Å². The minimum Gasteiger partial charge on any atom is -0.493 e. The zero-order valence-electron chi connectivity index (χ0n) is 14.4. The second-order valence-corrected chi connectivity index (χ2v) is 6.09. The summed E-state index contributed by atoms with van der Waals surface area (Å²) in [6.45, 7) is 2.87. The molecule has 0 spiro atoms. The Balaban J connectivity index is 1.89. The Morgan fingerprint density at radius 1 is 1.12 bits per heavy atom. The van der Waals surface area contributed by atoms with Crippen LogP contribution in [0.2, 0.25) is 5.02 Å². The van der Waals surface area contributed by atoms with Crippen molar-refractivity contribution in [2.24, 2.45) is 5.10 Å². The normalized spacial score (nSPS) is 10.8. The number of nitrogens with one attached hydrogen (secondary N) is 1. The first-order chi connectivity index (χ1) is 12.2. The van der Waals surface area contributed by atoms with Crippen LogP contribution in [-0.2, 0) is 0 Å². The van der Waals surface area contributed by atoms with Gasteiger partial charge in [0.2, 0.25) is 0 Å². The van der Waals surface area contributed by atoms with Crippen molar-refractivity contribution in [3.05, 3.63) is 64.7 Å². The molecule has 0 aliphatic rings. The molecule has 132 valence electrons. The summed E-state index contributed by atoms with van der Waals surface area (Å²) in [7, 11) is 0. The fourth-order valence-corrected chi connectivity index (χ4v) is 2.38. The van der Waals surface area contributed by atoms with Crippen molar-refractivity contribution in [1.29, 1.82) is 0 Å². The smallest absolute Gasteiger partial charge is 0.271 e. The third-order valence-corrected chi connectivity index (χ3v) is 3.90. The van der Waals surface area contributed by atoms with Crippen molar-refractivity contribution in [1.82, 2.24) is 5.43 Å². The van der Waals surface area contributed by atoms with Gasteiger partial charge in [0.1, 0.15) is 5.75 Å². The fraction of sp³-hybridized carbons (Fsp3) is 0.300. The summed E-state index contributed by atoms with van der Waals surface area (Å²) in [5.74, 6) is 0.481. The number of para-hydroxylation sites is 1. The van der Waals surface area contributed by atoms with Crippen LogP contribution in [0.25, 0.3) is 0 Å². The summed E-state index contributed by atoms with van der Waals surface area (Å²) in [6, 6.07) is 14.3. The molecule has 0 bridgehead atoms. The van der Waals surface area contributed by atoms with Crippen LogP contribution in [0.3, 0.4) is 0 Å². The molecule has 0 radical (unpaired) electrons. The van der Waals surface area contributed by atoms with Gasteiger partial charge in [0.05, 0.1) is 12.8 Å². The molecule has 5 heteroatoms. The number of benzene rings is 2. The molecule has 2 rings (SSSR count). The number of ether oxygens (including phenoxy) is 1. The van der Waals surface area contributed by atoms with E-state index in [9.17, 15) is 4.79 Å². The first kappa shape index (κ1) is 19.0. The van der Waals surface area contributed by atoms with Crippen LogP contribution in [-0.4, -0.2) is 18.7 Å². The van der Waals surface area contributed by atoms with Gasteiger partial charge in [-0.1, -0.05) is 49.9 Å². The molecule has 0 aliphatic carbocycles. The monoisotopic (exact) mass is 358 g/mol. The van der Waals surface area contributed by atoms with E-state index in [2.05, 4.69) is 17.5 Å². The van der Waals surface area contributed by atoms with Gasteiger partial charge in [-0.15, -0.1) is 0 Å². The number of hydrogen-bond acceptors (Lipinski definition) is 3. The number of amides is 1. The Bertz CT molecular complexity index is 699. The van der Waals surface area contributed by atoms with Crippen molar-refractivity contribution in [2.75, 3.05) is 6.61 Å². The van der Waals surface area contributed by atoms with Crippen LogP contribution in [0, 0.1) is 0 Å². The Hall–Kier alpha value is -2.33. The lowest BCUT2D eigenvalue weighted by Gasteiger charge is -2.08. The molecule has 0 unspecified atom stereocenters. The van der Waals surface area contributed by atoms with E-state index in [4.69, 9.17) is 16.3 Å². The molecule has 0 saturated carbocycles. The largest absolute Gasteiger partial charge is 0.493 e. The molecule has 4 nitrogen and oxygen atoms in total. The average molecular weight is 359 g/mol. The van der Waals surface area contributed by atoms with Gasteiger partial charge in [0, 0.05) is 16.1 Å². The molecule has 1 N–H and O–H groups in total. The van der Waals surface area contributed by atoms with E-state index in [0.717, 1.165) is 17.7 Å². The molecule has 0 aromatic heterocycles. The van der Waals surface area contributed by atoms with Crippen LogP contribution in [0.1, 0.15) is 48.5 Å². The highest BCUT2D eigenvalue weighted by atomic mass is 35.5. The highest BCUT2D eigenvalue weighted by Crippen LogP contribution is 2.16. The van der Waals surface area contributed by atoms with E-state index < -0.39 is 0 Å². The van der Waals surface area contributed by atoms with E-state index in [0.29, 0.717) is 17.2 Å². The number of rotatable bonds is 9. The van der Waals surface area contributed by atoms with Crippen molar-refractivity contribution in [2.45, 2.75) is 32.6 Å². The standard InChI is InChI=1S/C20H23ClN2O2/c1-2-3-4-7-14-25-19-9-6-5-8-17(19)15-22-23-20(24)16-10-12-18(21)13-11-16/h5-6,8-13,15H,2-4,7,14H2,1H3,(H,23,24)/b22-15+. The Labute approximate surface area is 153 Å². The van der Waals surface area contributed by atoms with Crippen molar-refractivity contribution < 1.29 is 9.53 Å². The number of carbonyl (C=O) groups is 1. The SMILES string of the molecule is CCCCCCOc1ccccc1/C=N/NC(=O)c1ccc(Cl)cc1. The van der Waals surface area contributed by atoms with Gasteiger partial charge in [0.25, 0.3) is 5.91 Å². The maximum atomic E-state index is 12.0. The maximum Gasteiger partial charge on any atom is 0.271 e. The summed E-state index contributed by atoms with van der Waals surface area (Å²) in [5.41, 5.74) is 3.84. The lowest BCUT2D eigenvalue weighted by Crippen LogP contribution is -2.17. The second kappa shape index (κ2) is 10.5. The Kier molecular flexibility index (Phi) is 7.99. The molecule has 0 heterocycles. The predicted molar refractivity (Wildman–Crippen MR) is 103 cm³/mol. The van der Waals surface area contributed by atoms with Crippen molar-refractivity contribution >= 4 is 23.7 Å². The number of carbonyl (C=O) groups excluding carboxylic acids is 1. The minimum absolute atomic E-state index is 0.286. The molecule has 1 amide bonds. The maximum absolute atomic E-state index is 12.0. The van der Waals surface area contributed by atoms with E-state index >= 15 is 0 Å². The highest BCUT2D eigenvalue weighted by Gasteiger charge is 2.04. The summed E-state index contributed by atoms with van der Waals surface area (Å²) in [4.78, 5) is 12.0. The topological polar surface area (TPSA) is 50.7 Å². The quantitative estimate of drug-likeness (QED) is 0.387. The van der Waals surface area contributed by atoms with Gasteiger partial charge < -0.3 is 4.74 Å². The highest BCUT2D eigenvalue weighted by molar-refractivity contribution is 6.30. The van der Waals surface area contributed by atoms with Gasteiger partial charge in [-0.05, 0) is 42.8 Å². The summed E-state index contributed by atoms with van der Waals surface area (Å²) in [5, 5.41) is 4.61. The summed E-state index contributed by atoms with van der Waals surface area (Å²) in [6.07, 6.45) is 6.23. The van der Waals surface area contributed by atoms with E-state index in [1.165, 1.54) is 19.3 Å². The second-order valence-electron chi connectivity index (χ2n) is 5.65. The van der Waals surface area contributed by atoms with Gasteiger partial charge in [-0.3, -0.25) is 4.79 Å². The van der Waals surface area contributed by atoms with Gasteiger partial charge in [0.15, 0.2) is 0 Å². The van der Waals surface area contributed by atoms with Crippen LogP contribution in [0.15, 0.2) is 53.6 Å².